The van der Waals surface area contributed by atoms with Gasteiger partial charge in [-0.2, -0.15) is 0 Å². The van der Waals surface area contributed by atoms with Crippen LogP contribution in [-0.4, -0.2) is 25.9 Å². The SMILES string of the molecule is Cn1c2ccccc2c2cc(/C=C3\SC(=S)N(c4ccc(C(=O)O)cc4)C3=O)ccc21. The van der Waals surface area contributed by atoms with E-state index in [4.69, 9.17) is 17.3 Å². The zero-order chi connectivity index (χ0) is 21.7. The van der Waals surface area contributed by atoms with E-state index in [1.807, 2.05) is 31.3 Å². The van der Waals surface area contributed by atoms with E-state index in [0.717, 1.165) is 22.0 Å². The van der Waals surface area contributed by atoms with Crippen LogP contribution in [0.15, 0.2) is 71.6 Å². The van der Waals surface area contributed by atoms with Crippen LogP contribution in [-0.2, 0) is 11.8 Å². The van der Waals surface area contributed by atoms with Crippen molar-refractivity contribution < 1.29 is 14.7 Å². The van der Waals surface area contributed by atoms with Crippen LogP contribution in [0.5, 0.6) is 0 Å². The molecule has 0 unspecified atom stereocenters. The van der Waals surface area contributed by atoms with Crippen LogP contribution in [0, 0.1) is 0 Å². The van der Waals surface area contributed by atoms with E-state index >= 15 is 0 Å². The molecule has 0 aliphatic carbocycles. The number of fused-ring (bicyclic) bond motifs is 3. The summed E-state index contributed by atoms with van der Waals surface area (Å²) in [6.45, 7) is 0. The highest BCUT2D eigenvalue weighted by atomic mass is 32.2. The predicted molar refractivity (Wildman–Crippen MR) is 129 cm³/mol. The van der Waals surface area contributed by atoms with E-state index in [2.05, 4.69) is 28.8 Å². The first kappa shape index (κ1) is 19.5. The summed E-state index contributed by atoms with van der Waals surface area (Å²) in [5.74, 6) is -1.23. The fourth-order valence-corrected chi connectivity index (χ4v) is 5.17. The number of amides is 1. The number of para-hydroxylation sites is 1. The molecule has 1 saturated heterocycles. The molecule has 31 heavy (non-hydrogen) atoms. The third-order valence-corrected chi connectivity index (χ3v) is 6.70. The average molecular weight is 445 g/mol. The lowest BCUT2D eigenvalue weighted by Gasteiger charge is -2.14. The van der Waals surface area contributed by atoms with Gasteiger partial charge in [0, 0.05) is 28.9 Å². The molecule has 1 aromatic heterocycles. The second-order valence-corrected chi connectivity index (χ2v) is 8.90. The van der Waals surface area contributed by atoms with E-state index in [1.165, 1.54) is 34.2 Å². The molecule has 5 rings (SSSR count). The van der Waals surface area contributed by atoms with E-state index in [1.54, 1.807) is 12.1 Å². The quantitative estimate of drug-likeness (QED) is 0.337. The number of carbonyl (C=O) groups excluding carboxylic acids is 1. The number of nitrogens with zero attached hydrogens (tertiary/aromatic N) is 2. The van der Waals surface area contributed by atoms with Crippen LogP contribution in [0.25, 0.3) is 27.9 Å². The van der Waals surface area contributed by atoms with E-state index in [9.17, 15) is 9.59 Å². The van der Waals surface area contributed by atoms with Gasteiger partial charge in [-0.15, -0.1) is 0 Å². The van der Waals surface area contributed by atoms with E-state index in [0.29, 0.717) is 14.9 Å². The van der Waals surface area contributed by atoms with Crippen molar-refractivity contribution in [1.29, 1.82) is 0 Å². The Morgan fingerprint density at radius 3 is 2.45 bits per heavy atom. The summed E-state index contributed by atoms with van der Waals surface area (Å²) < 4.78 is 2.58. The smallest absolute Gasteiger partial charge is 0.335 e. The molecule has 0 bridgehead atoms. The van der Waals surface area contributed by atoms with Crippen molar-refractivity contribution >= 4 is 73.7 Å². The Labute approximate surface area is 187 Å². The summed E-state index contributed by atoms with van der Waals surface area (Å²) in [5.41, 5.74) is 3.93. The lowest BCUT2D eigenvalue weighted by Crippen LogP contribution is -2.27. The van der Waals surface area contributed by atoms with Crippen LogP contribution < -0.4 is 4.90 Å². The van der Waals surface area contributed by atoms with Gasteiger partial charge in [-0.05, 0) is 54.1 Å². The van der Waals surface area contributed by atoms with Gasteiger partial charge in [0.25, 0.3) is 5.91 Å². The molecular formula is C24H16N2O3S2. The van der Waals surface area contributed by atoms with Gasteiger partial charge in [0.2, 0.25) is 0 Å². The summed E-state index contributed by atoms with van der Waals surface area (Å²) in [6, 6.07) is 20.5. The summed E-state index contributed by atoms with van der Waals surface area (Å²) >= 11 is 6.67. The molecule has 1 amide bonds. The number of carboxylic acid groups (broad SMARTS) is 1. The second kappa shape index (κ2) is 7.37. The summed E-state index contributed by atoms with van der Waals surface area (Å²) in [4.78, 5) is 26.1. The van der Waals surface area contributed by atoms with Crippen LogP contribution >= 0.6 is 24.0 Å². The molecule has 0 atom stereocenters. The number of thioether (sulfide) groups is 1. The Hall–Kier alpha value is -3.42. The first-order chi connectivity index (χ1) is 14.9. The number of anilines is 1. The van der Waals surface area contributed by atoms with Gasteiger partial charge in [-0.25, -0.2) is 4.79 Å². The van der Waals surface area contributed by atoms with Crippen LogP contribution in [0.1, 0.15) is 15.9 Å². The van der Waals surface area contributed by atoms with Crippen LogP contribution in [0.2, 0.25) is 0 Å². The van der Waals surface area contributed by atoms with Crippen molar-refractivity contribution in [3.8, 4) is 0 Å². The highest BCUT2D eigenvalue weighted by Gasteiger charge is 2.33. The largest absolute Gasteiger partial charge is 0.478 e. The van der Waals surface area contributed by atoms with Gasteiger partial charge >= 0.3 is 5.97 Å². The lowest BCUT2D eigenvalue weighted by atomic mass is 10.1. The molecule has 1 aliphatic rings. The Balaban J connectivity index is 1.52. The molecule has 152 valence electrons. The highest BCUT2D eigenvalue weighted by molar-refractivity contribution is 8.27. The molecule has 1 fully saturated rings. The van der Waals surface area contributed by atoms with Gasteiger partial charge in [0.15, 0.2) is 4.32 Å². The van der Waals surface area contributed by atoms with E-state index in [-0.39, 0.29) is 11.5 Å². The Morgan fingerprint density at radius 2 is 1.71 bits per heavy atom. The summed E-state index contributed by atoms with van der Waals surface area (Å²) in [6.07, 6.45) is 1.85. The minimum absolute atomic E-state index is 0.160. The van der Waals surface area contributed by atoms with Gasteiger partial charge < -0.3 is 9.67 Å². The molecule has 3 aromatic carbocycles. The van der Waals surface area contributed by atoms with Crippen LogP contribution in [0.3, 0.4) is 0 Å². The van der Waals surface area contributed by atoms with Gasteiger partial charge in [0.05, 0.1) is 16.2 Å². The highest BCUT2D eigenvalue weighted by Crippen LogP contribution is 2.37. The first-order valence-electron chi connectivity index (χ1n) is 9.52. The standard InChI is InChI=1S/C24H16N2O3S2/c1-25-19-5-3-2-4-17(19)18-12-14(6-11-20(18)25)13-21-22(27)26(24(30)31-21)16-9-7-15(8-10-16)23(28)29/h2-13H,1H3,(H,28,29)/b21-13-. The zero-order valence-electron chi connectivity index (χ0n) is 16.4. The van der Waals surface area contributed by atoms with Crippen molar-refractivity contribution in [2.45, 2.75) is 0 Å². The maximum Gasteiger partial charge on any atom is 0.335 e. The molecule has 7 heteroatoms. The maximum absolute atomic E-state index is 13.0. The minimum Gasteiger partial charge on any atom is -0.478 e. The zero-order valence-corrected chi connectivity index (χ0v) is 18.0. The van der Waals surface area contributed by atoms with Crippen LogP contribution in [0.4, 0.5) is 5.69 Å². The number of aryl methyl sites for hydroxylation is 1. The molecule has 1 aliphatic heterocycles. The average Bonchev–Trinajstić information content (AvgIpc) is 3.21. The second-order valence-electron chi connectivity index (χ2n) is 7.22. The molecule has 5 nitrogen and oxygen atoms in total. The monoisotopic (exact) mass is 444 g/mol. The molecule has 4 aromatic rings. The van der Waals surface area contributed by atoms with Crippen molar-refractivity contribution in [1.82, 2.24) is 4.57 Å². The number of hydrogen-bond donors (Lipinski definition) is 1. The van der Waals surface area contributed by atoms with E-state index < -0.39 is 5.97 Å². The normalized spacial score (nSPS) is 15.5. The number of carbonyl (C=O) groups is 2. The number of aromatic carboxylic acids is 1. The van der Waals surface area contributed by atoms with Crippen molar-refractivity contribution in [2.24, 2.45) is 7.05 Å². The third kappa shape index (κ3) is 3.22. The van der Waals surface area contributed by atoms with Gasteiger partial charge in [0.1, 0.15) is 0 Å². The predicted octanol–water partition coefficient (Wildman–Crippen LogP) is 5.44. The van der Waals surface area contributed by atoms with Crippen molar-refractivity contribution in [3.63, 3.8) is 0 Å². The van der Waals surface area contributed by atoms with Crippen molar-refractivity contribution in [2.75, 3.05) is 4.90 Å². The Bertz CT molecular complexity index is 1430. The number of hydrogen-bond acceptors (Lipinski definition) is 4. The summed E-state index contributed by atoms with van der Waals surface area (Å²) in [5, 5.41) is 11.4. The number of thiocarbonyl (C=S) groups is 1. The van der Waals surface area contributed by atoms with Gasteiger partial charge in [-0.3, -0.25) is 9.69 Å². The molecular weight excluding hydrogens is 428 g/mol. The molecule has 1 N–H and O–H groups in total. The molecule has 0 spiro atoms. The Kier molecular flexibility index (Phi) is 4.64. The maximum atomic E-state index is 13.0. The number of carboxylic acids is 1. The Morgan fingerprint density at radius 1 is 1.00 bits per heavy atom. The fraction of sp³-hybridized carbons (Fsp3) is 0.0417. The minimum atomic E-state index is -1.01. The molecule has 2 heterocycles. The summed E-state index contributed by atoms with van der Waals surface area (Å²) in [7, 11) is 2.05. The number of benzene rings is 3. The topological polar surface area (TPSA) is 62.5 Å². The van der Waals surface area contributed by atoms with Gasteiger partial charge in [-0.1, -0.05) is 48.2 Å². The molecule has 0 saturated carbocycles. The number of rotatable bonds is 3. The lowest BCUT2D eigenvalue weighted by molar-refractivity contribution is -0.113. The van der Waals surface area contributed by atoms with Crippen molar-refractivity contribution in [3.05, 3.63) is 82.8 Å². The fourth-order valence-electron chi connectivity index (χ4n) is 3.87. The number of aromatic nitrogens is 1. The third-order valence-electron chi connectivity index (χ3n) is 5.40. The molecule has 0 radical (unpaired) electrons. The first-order valence-corrected chi connectivity index (χ1v) is 10.7.